The topological polar surface area (TPSA) is 54.5 Å². The number of fused-ring (bicyclic) bond motifs is 3. The van der Waals surface area contributed by atoms with E-state index in [9.17, 15) is 14.4 Å². The zero-order chi connectivity index (χ0) is 20.0. The van der Waals surface area contributed by atoms with Gasteiger partial charge in [-0.1, -0.05) is 60.2 Å². The van der Waals surface area contributed by atoms with Crippen molar-refractivity contribution in [2.75, 3.05) is 4.90 Å². The van der Waals surface area contributed by atoms with E-state index in [2.05, 4.69) is 6.08 Å². The van der Waals surface area contributed by atoms with Crippen LogP contribution in [0.4, 0.5) is 5.69 Å². The maximum absolute atomic E-state index is 13.4. The number of para-hydroxylation sites is 1. The van der Waals surface area contributed by atoms with Crippen LogP contribution >= 0.6 is 0 Å². The highest BCUT2D eigenvalue weighted by molar-refractivity contribution is 6.22. The van der Waals surface area contributed by atoms with Crippen molar-refractivity contribution in [2.45, 2.75) is 25.7 Å². The largest absolute Gasteiger partial charge is 0.294 e. The number of nitrogens with zero attached hydrogens (tertiary/aromatic N) is 1. The van der Waals surface area contributed by atoms with Crippen molar-refractivity contribution in [3.05, 3.63) is 77.9 Å². The van der Waals surface area contributed by atoms with E-state index in [4.69, 9.17) is 0 Å². The summed E-state index contributed by atoms with van der Waals surface area (Å²) in [5.41, 5.74) is 2.56. The summed E-state index contributed by atoms with van der Waals surface area (Å²) in [6, 6.07) is 18.4. The Balaban J connectivity index is 1.51. The minimum atomic E-state index is -0.442. The summed E-state index contributed by atoms with van der Waals surface area (Å²) in [7, 11) is 0. The highest BCUT2D eigenvalue weighted by Gasteiger charge is 2.57. The van der Waals surface area contributed by atoms with E-state index in [1.165, 1.54) is 10.5 Å². The molecule has 0 N–H and O–H groups in total. The van der Waals surface area contributed by atoms with Crippen molar-refractivity contribution < 1.29 is 14.4 Å². The first-order valence-electron chi connectivity index (χ1n) is 10.4. The quantitative estimate of drug-likeness (QED) is 0.445. The predicted molar refractivity (Wildman–Crippen MR) is 110 cm³/mol. The highest BCUT2D eigenvalue weighted by atomic mass is 16.2. The molecule has 146 valence electrons. The summed E-state index contributed by atoms with van der Waals surface area (Å²) < 4.78 is 0. The molecule has 4 nitrogen and oxygen atoms in total. The number of allylic oxidation sites excluding steroid dienone is 2. The average Bonchev–Trinajstić information content (AvgIpc) is 3.31. The molecule has 2 fully saturated rings. The van der Waals surface area contributed by atoms with Gasteiger partial charge in [0.05, 0.1) is 17.5 Å². The number of hydrogen-bond donors (Lipinski definition) is 0. The molecule has 2 aromatic rings. The molecule has 2 aromatic carbocycles. The summed E-state index contributed by atoms with van der Waals surface area (Å²) in [5, 5.41) is 0. The van der Waals surface area contributed by atoms with Crippen LogP contribution in [0.25, 0.3) is 0 Å². The molecule has 4 heteroatoms. The van der Waals surface area contributed by atoms with Gasteiger partial charge in [-0.2, -0.15) is 0 Å². The lowest BCUT2D eigenvalue weighted by Crippen LogP contribution is -2.35. The molecule has 29 heavy (non-hydrogen) atoms. The van der Waals surface area contributed by atoms with Crippen molar-refractivity contribution in [2.24, 2.45) is 23.7 Å². The van der Waals surface area contributed by atoms with Gasteiger partial charge in [0.1, 0.15) is 0 Å². The Labute approximate surface area is 170 Å². The number of Topliss-reactive ketones (excluding diaryl/α,β-unsaturated/α-hetero) is 1. The summed E-state index contributed by atoms with van der Waals surface area (Å²) in [5.74, 6) is -1.07. The van der Waals surface area contributed by atoms with Crippen LogP contribution in [-0.2, 0) is 9.59 Å². The summed E-state index contributed by atoms with van der Waals surface area (Å²) in [6.07, 6.45) is 5.39. The molecule has 1 saturated heterocycles. The molecule has 0 bridgehead atoms. The van der Waals surface area contributed by atoms with E-state index in [0.29, 0.717) is 11.3 Å². The number of benzene rings is 2. The van der Waals surface area contributed by atoms with Crippen LogP contribution in [0.1, 0.15) is 36.0 Å². The number of carbonyl (C=O) groups excluding carboxylic acids is 3. The van der Waals surface area contributed by atoms with Crippen LogP contribution in [0.5, 0.6) is 0 Å². The first kappa shape index (κ1) is 18.0. The number of rotatable bonds is 4. The van der Waals surface area contributed by atoms with Gasteiger partial charge in [-0.3, -0.25) is 19.3 Å². The number of imide groups is 1. The van der Waals surface area contributed by atoms with Crippen LogP contribution in [0.3, 0.4) is 0 Å². The zero-order valence-electron chi connectivity index (χ0n) is 16.2. The van der Waals surface area contributed by atoms with E-state index < -0.39 is 5.92 Å². The molecule has 4 atom stereocenters. The van der Waals surface area contributed by atoms with Gasteiger partial charge >= 0.3 is 0 Å². The lowest BCUT2D eigenvalue weighted by molar-refractivity contribution is -0.122. The molecule has 1 saturated carbocycles. The Morgan fingerprint density at radius 2 is 1.55 bits per heavy atom. The molecule has 2 amide bonds. The van der Waals surface area contributed by atoms with Gasteiger partial charge in [0.15, 0.2) is 5.78 Å². The Morgan fingerprint density at radius 3 is 2.28 bits per heavy atom. The predicted octanol–water partition coefficient (Wildman–Crippen LogP) is 4.42. The van der Waals surface area contributed by atoms with Crippen LogP contribution < -0.4 is 4.90 Å². The number of ketones is 1. The normalized spacial score (nSPS) is 28.1. The lowest BCUT2D eigenvalue weighted by atomic mass is 9.67. The third kappa shape index (κ3) is 2.94. The molecule has 3 aliphatic rings. The molecule has 5 rings (SSSR count). The van der Waals surface area contributed by atoms with E-state index in [0.717, 1.165) is 19.3 Å². The van der Waals surface area contributed by atoms with Crippen LogP contribution in [0.15, 0.2) is 72.3 Å². The Kier molecular flexibility index (Phi) is 4.42. The summed E-state index contributed by atoms with van der Waals surface area (Å²) >= 11 is 0. The van der Waals surface area contributed by atoms with Gasteiger partial charge < -0.3 is 0 Å². The van der Waals surface area contributed by atoms with Crippen molar-refractivity contribution in [1.29, 1.82) is 0 Å². The minimum Gasteiger partial charge on any atom is -0.294 e. The van der Waals surface area contributed by atoms with Gasteiger partial charge in [0.2, 0.25) is 11.8 Å². The van der Waals surface area contributed by atoms with Crippen LogP contribution in [-0.4, -0.2) is 17.6 Å². The minimum absolute atomic E-state index is 0.0288. The molecule has 1 heterocycles. The SMILES string of the molecule is O=C(C[C@H]1C=C2CCC[C@H]2C2C(=O)N(c3ccccc3)C(=O)C21)c1ccccc1. The average molecular weight is 385 g/mol. The van der Waals surface area contributed by atoms with Crippen molar-refractivity contribution in [3.8, 4) is 0 Å². The van der Waals surface area contributed by atoms with Gasteiger partial charge in [0, 0.05) is 12.0 Å². The fourth-order valence-electron chi connectivity index (χ4n) is 5.45. The van der Waals surface area contributed by atoms with Gasteiger partial charge in [-0.15, -0.1) is 0 Å². The summed E-state index contributed by atoms with van der Waals surface area (Å²) in [6.45, 7) is 0. The smallest absolute Gasteiger partial charge is 0.238 e. The van der Waals surface area contributed by atoms with Crippen molar-refractivity contribution in [1.82, 2.24) is 0 Å². The Hall–Kier alpha value is -3.01. The number of hydrogen-bond acceptors (Lipinski definition) is 3. The van der Waals surface area contributed by atoms with Crippen molar-refractivity contribution in [3.63, 3.8) is 0 Å². The monoisotopic (exact) mass is 385 g/mol. The Bertz CT molecular complexity index is 995. The third-order valence-corrected chi connectivity index (χ3v) is 6.71. The maximum Gasteiger partial charge on any atom is 0.238 e. The van der Waals surface area contributed by atoms with Gasteiger partial charge in [-0.25, -0.2) is 0 Å². The van der Waals surface area contributed by atoms with E-state index in [1.807, 2.05) is 48.5 Å². The second kappa shape index (κ2) is 7.11. The second-order valence-electron chi connectivity index (χ2n) is 8.30. The molecule has 2 aliphatic carbocycles. The maximum atomic E-state index is 13.4. The van der Waals surface area contributed by atoms with Crippen LogP contribution in [0, 0.1) is 23.7 Å². The molecule has 2 unspecified atom stereocenters. The molecule has 0 spiro atoms. The molecule has 0 aromatic heterocycles. The van der Waals surface area contributed by atoms with Crippen LogP contribution in [0.2, 0.25) is 0 Å². The zero-order valence-corrected chi connectivity index (χ0v) is 16.2. The fourth-order valence-corrected chi connectivity index (χ4v) is 5.45. The standard InChI is InChI=1S/C25H23NO3/c27-21(16-8-3-1-4-9-16)15-18-14-17-10-7-13-20(17)23-22(18)24(28)26(25(23)29)19-11-5-2-6-12-19/h1-6,8-9,11-12,14,18,20,22-23H,7,10,13,15H2/t18-,20-,22?,23?/m1/s1. The van der Waals surface area contributed by atoms with E-state index in [-0.39, 0.29) is 41.8 Å². The first-order valence-corrected chi connectivity index (χ1v) is 10.4. The number of anilines is 1. The van der Waals surface area contributed by atoms with E-state index >= 15 is 0 Å². The molecular formula is C25H23NO3. The number of amides is 2. The van der Waals surface area contributed by atoms with Gasteiger partial charge in [-0.05, 0) is 43.2 Å². The molecule has 0 radical (unpaired) electrons. The highest BCUT2D eigenvalue weighted by Crippen LogP contribution is 2.52. The third-order valence-electron chi connectivity index (χ3n) is 6.71. The second-order valence-corrected chi connectivity index (χ2v) is 8.30. The van der Waals surface area contributed by atoms with E-state index in [1.54, 1.807) is 12.1 Å². The molecular weight excluding hydrogens is 362 g/mol. The van der Waals surface area contributed by atoms with Crippen molar-refractivity contribution >= 4 is 23.3 Å². The molecule has 1 aliphatic heterocycles. The Morgan fingerprint density at radius 1 is 0.897 bits per heavy atom. The summed E-state index contributed by atoms with van der Waals surface area (Å²) in [4.78, 5) is 41.1. The first-order chi connectivity index (χ1) is 14.1. The number of carbonyl (C=O) groups is 3. The van der Waals surface area contributed by atoms with Gasteiger partial charge in [0.25, 0.3) is 0 Å². The fraction of sp³-hybridized carbons (Fsp3) is 0.320. The lowest BCUT2D eigenvalue weighted by Gasteiger charge is -2.33.